The second kappa shape index (κ2) is 5.64. The van der Waals surface area contributed by atoms with Gasteiger partial charge in [-0.05, 0) is 74.5 Å². The van der Waals surface area contributed by atoms with E-state index < -0.39 is 11.0 Å². The fraction of sp³-hybridized carbons (Fsp3) is 0.909. The van der Waals surface area contributed by atoms with Crippen molar-refractivity contribution >= 4 is 11.6 Å². The van der Waals surface area contributed by atoms with Crippen molar-refractivity contribution in [1.29, 1.82) is 0 Å². The number of rotatable bonds is 1. The molecule has 2 N–H and O–H groups in total. The third kappa shape index (κ3) is 2.09. The monoisotopic (exact) mass is 362 g/mol. The summed E-state index contributed by atoms with van der Waals surface area (Å²) in [6.45, 7) is 7.74. The Balaban J connectivity index is 1.74. The maximum Gasteiger partial charge on any atom is 0.162 e. The highest BCUT2D eigenvalue weighted by molar-refractivity contribution is 5.90. The quantitative estimate of drug-likeness (QED) is 0.751. The zero-order valence-electron chi connectivity index (χ0n) is 16.6. The second-order valence-electron chi connectivity index (χ2n) is 10.5. The number of aliphatic hydroxyl groups excluding tert-OH is 1. The van der Waals surface area contributed by atoms with E-state index in [1.165, 1.54) is 6.92 Å². The van der Waals surface area contributed by atoms with Gasteiger partial charge in [0.15, 0.2) is 5.78 Å². The van der Waals surface area contributed by atoms with E-state index in [4.69, 9.17) is 0 Å². The van der Waals surface area contributed by atoms with Crippen molar-refractivity contribution in [3.05, 3.63) is 0 Å². The average molecular weight is 363 g/mol. The maximum atomic E-state index is 13.5. The molecule has 4 aliphatic rings. The maximum absolute atomic E-state index is 13.5. The van der Waals surface area contributed by atoms with E-state index in [-0.39, 0.29) is 46.8 Å². The summed E-state index contributed by atoms with van der Waals surface area (Å²) in [4.78, 5) is 25.9. The van der Waals surface area contributed by atoms with Gasteiger partial charge in [0, 0.05) is 17.8 Å². The highest BCUT2D eigenvalue weighted by Crippen LogP contribution is 2.68. The molecule has 1 unspecified atom stereocenters. The van der Waals surface area contributed by atoms with Gasteiger partial charge in [-0.2, -0.15) is 0 Å². The molecule has 0 spiro atoms. The minimum absolute atomic E-state index is 0.0271. The van der Waals surface area contributed by atoms with E-state index >= 15 is 0 Å². The molecule has 4 nitrogen and oxygen atoms in total. The highest BCUT2D eigenvalue weighted by atomic mass is 16.3. The first kappa shape index (κ1) is 18.6. The Kier molecular flexibility index (Phi) is 4.03. The Bertz CT molecular complexity index is 644. The van der Waals surface area contributed by atoms with Crippen LogP contribution in [0.4, 0.5) is 0 Å². The Hall–Kier alpha value is -0.740. The van der Waals surface area contributed by atoms with Gasteiger partial charge in [-0.1, -0.05) is 20.8 Å². The zero-order valence-corrected chi connectivity index (χ0v) is 16.6. The van der Waals surface area contributed by atoms with E-state index in [1.807, 2.05) is 13.8 Å². The van der Waals surface area contributed by atoms with Crippen molar-refractivity contribution in [2.24, 2.45) is 40.4 Å². The summed E-state index contributed by atoms with van der Waals surface area (Å²) in [5.41, 5.74) is -2.03. The summed E-state index contributed by atoms with van der Waals surface area (Å²) in [5.74, 6) is 0.945. The van der Waals surface area contributed by atoms with Gasteiger partial charge in [0.05, 0.1) is 6.10 Å². The molecule has 0 aliphatic heterocycles. The highest BCUT2D eigenvalue weighted by Gasteiger charge is 2.70. The molecule has 4 rings (SSSR count). The van der Waals surface area contributed by atoms with Crippen molar-refractivity contribution in [1.82, 2.24) is 0 Å². The number of Topliss-reactive ketones (excluding diaryl/α,β-unsaturated/α-hetero) is 2. The first-order valence-corrected chi connectivity index (χ1v) is 10.5. The number of hydrogen-bond acceptors (Lipinski definition) is 4. The van der Waals surface area contributed by atoms with E-state index in [0.29, 0.717) is 12.3 Å². The molecule has 26 heavy (non-hydrogen) atoms. The molecule has 0 heterocycles. The van der Waals surface area contributed by atoms with Gasteiger partial charge in [-0.15, -0.1) is 0 Å². The molecule has 0 aromatic rings. The molecule has 4 aliphatic carbocycles. The lowest BCUT2D eigenvalue weighted by molar-refractivity contribution is -0.180. The number of ketones is 2. The number of fused-ring (bicyclic) bond motifs is 5. The van der Waals surface area contributed by atoms with Crippen LogP contribution in [0.5, 0.6) is 0 Å². The Morgan fingerprint density at radius 1 is 1.15 bits per heavy atom. The minimum Gasteiger partial charge on any atom is -0.393 e. The number of aliphatic hydroxyl groups is 2. The first-order chi connectivity index (χ1) is 12.1. The molecule has 0 bridgehead atoms. The largest absolute Gasteiger partial charge is 0.393 e. The van der Waals surface area contributed by atoms with E-state index in [2.05, 4.69) is 6.92 Å². The number of carbonyl (C=O) groups is 2. The molecular formula is C22H34O4. The Labute approximate surface area is 156 Å². The predicted octanol–water partition coefficient (Wildman–Crippen LogP) is 3.14. The Morgan fingerprint density at radius 2 is 1.85 bits per heavy atom. The van der Waals surface area contributed by atoms with Gasteiger partial charge >= 0.3 is 0 Å². The topological polar surface area (TPSA) is 74.6 Å². The number of hydrogen-bond donors (Lipinski definition) is 2. The average Bonchev–Trinajstić information content (AvgIpc) is 2.76. The van der Waals surface area contributed by atoms with Crippen molar-refractivity contribution in [2.45, 2.75) is 84.3 Å². The van der Waals surface area contributed by atoms with Crippen LogP contribution in [0.3, 0.4) is 0 Å². The van der Waals surface area contributed by atoms with Crippen LogP contribution >= 0.6 is 0 Å². The lowest BCUT2D eigenvalue weighted by atomic mass is 9.44. The standard InChI is InChI=1S/C22H34O4/c1-12-9-17-16-6-5-14-10-15(24)7-8-20(14,3)19(16)18(25)11-21(17,4)22(12,26)13(2)23/h12,14-17,19,24,26H,5-11H2,1-4H3/t12-,14?,15-,16+,17+,19-,20+,21+,22+/m1/s1. The van der Waals surface area contributed by atoms with Crippen molar-refractivity contribution in [2.75, 3.05) is 0 Å². The zero-order chi connectivity index (χ0) is 19.1. The molecule has 146 valence electrons. The first-order valence-electron chi connectivity index (χ1n) is 10.5. The van der Waals surface area contributed by atoms with Crippen LogP contribution in [0.25, 0.3) is 0 Å². The van der Waals surface area contributed by atoms with Crippen LogP contribution in [0.2, 0.25) is 0 Å². The lowest BCUT2D eigenvalue weighted by Crippen LogP contribution is -2.62. The molecule has 4 saturated carbocycles. The van der Waals surface area contributed by atoms with Crippen LogP contribution in [0, 0.1) is 40.4 Å². The summed E-state index contributed by atoms with van der Waals surface area (Å²) in [7, 11) is 0. The van der Waals surface area contributed by atoms with Gasteiger partial charge in [0.2, 0.25) is 0 Å². The fourth-order valence-electron chi connectivity index (χ4n) is 8.13. The fourth-order valence-corrected chi connectivity index (χ4v) is 8.13. The van der Waals surface area contributed by atoms with E-state index in [0.717, 1.165) is 38.5 Å². The molecule has 4 fully saturated rings. The van der Waals surface area contributed by atoms with Crippen LogP contribution in [0.15, 0.2) is 0 Å². The van der Waals surface area contributed by atoms with Gasteiger partial charge in [-0.25, -0.2) is 0 Å². The van der Waals surface area contributed by atoms with Gasteiger partial charge in [0.25, 0.3) is 0 Å². The molecule has 0 aromatic heterocycles. The third-order valence-corrected chi connectivity index (χ3v) is 9.44. The predicted molar refractivity (Wildman–Crippen MR) is 98.3 cm³/mol. The van der Waals surface area contributed by atoms with Gasteiger partial charge in [0.1, 0.15) is 11.4 Å². The molecule has 0 saturated heterocycles. The smallest absolute Gasteiger partial charge is 0.162 e. The lowest BCUT2D eigenvalue weighted by Gasteiger charge is -2.60. The summed E-state index contributed by atoms with van der Waals surface area (Å²) >= 11 is 0. The SMILES string of the molecule is CC(=O)[C@@]1(O)[C@H](C)C[C@H]2[C@@H]3CCC4C[C@H](O)CC[C@]4(C)[C@H]3C(=O)C[C@@]21C. The summed E-state index contributed by atoms with van der Waals surface area (Å²) in [6.07, 6.45) is 5.52. The van der Waals surface area contributed by atoms with Crippen molar-refractivity contribution in [3.63, 3.8) is 0 Å². The van der Waals surface area contributed by atoms with Crippen molar-refractivity contribution < 1.29 is 19.8 Å². The van der Waals surface area contributed by atoms with Gasteiger partial charge < -0.3 is 10.2 Å². The molecular weight excluding hydrogens is 328 g/mol. The summed E-state index contributed by atoms with van der Waals surface area (Å²) < 4.78 is 0. The van der Waals surface area contributed by atoms with Crippen LogP contribution in [-0.4, -0.2) is 33.5 Å². The van der Waals surface area contributed by atoms with Crippen LogP contribution in [-0.2, 0) is 9.59 Å². The normalized spacial score (nSPS) is 56.5. The molecule has 0 aromatic carbocycles. The molecule has 9 atom stereocenters. The Morgan fingerprint density at radius 3 is 2.50 bits per heavy atom. The third-order valence-electron chi connectivity index (χ3n) is 9.44. The van der Waals surface area contributed by atoms with E-state index in [9.17, 15) is 19.8 Å². The van der Waals surface area contributed by atoms with E-state index in [1.54, 1.807) is 0 Å². The second-order valence-corrected chi connectivity index (χ2v) is 10.5. The summed E-state index contributed by atoms with van der Waals surface area (Å²) in [5, 5.41) is 21.5. The van der Waals surface area contributed by atoms with Crippen LogP contribution < -0.4 is 0 Å². The summed E-state index contributed by atoms with van der Waals surface area (Å²) in [6, 6.07) is 0. The molecule has 4 heteroatoms. The molecule has 0 amide bonds. The number of carbonyl (C=O) groups excluding carboxylic acids is 2. The van der Waals surface area contributed by atoms with Crippen molar-refractivity contribution in [3.8, 4) is 0 Å². The molecule has 0 radical (unpaired) electrons. The van der Waals surface area contributed by atoms with Crippen LogP contribution in [0.1, 0.15) is 72.6 Å². The minimum atomic E-state index is -1.38. The van der Waals surface area contributed by atoms with Gasteiger partial charge in [-0.3, -0.25) is 9.59 Å².